The lowest BCUT2D eigenvalue weighted by Gasteiger charge is -2.18. The molecular formula is C26H21ClN8O2. The van der Waals surface area contributed by atoms with Gasteiger partial charge in [-0.25, -0.2) is 4.98 Å². The van der Waals surface area contributed by atoms with Gasteiger partial charge in [0.1, 0.15) is 12.4 Å². The van der Waals surface area contributed by atoms with E-state index in [2.05, 4.69) is 36.1 Å². The fraction of sp³-hybridized carbons (Fsp3) is 0.0769. The number of tetrazole rings is 1. The number of imidazole rings is 1. The molecule has 3 aromatic carbocycles. The molecule has 11 heteroatoms. The SMILES string of the molecule is O=C(C=Cc1cc(Cl)ccc1-n1cnnn1)N[C@@H](Cc1ccccc1)C(=O)Nc1ccc2nc[nH]c2c1. The van der Waals surface area contributed by atoms with Gasteiger partial charge in [-0.1, -0.05) is 41.9 Å². The standard InChI is InChI=1S/C26H21ClN8O2/c27-19-7-10-24(35-16-30-33-34-35)18(13-19)6-11-25(36)32-23(12-17-4-2-1-3-5-17)26(37)31-20-8-9-21-22(14-20)29-15-28-21/h1-11,13-16,23H,12H2,(H,28,29)(H,31,37)(H,32,36)/t23-/m0/s1. The van der Waals surface area contributed by atoms with Crippen molar-refractivity contribution in [1.29, 1.82) is 0 Å². The molecule has 0 aliphatic carbocycles. The number of halogens is 1. The van der Waals surface area contributed by atoms with Gasteiger partial charge in [-0.05, 0) is 58.5 Å². The largest absolute Gasteiger partial charge is 0.345 e. The van der Waals surface area contributed by atoms with Gasteiger partial charge < -0.3 is 15.6 Å². The molecule has 5 rings (SSSR count). The lowest BCUT2D eigenvalue weighted by Crippen LogP contribution is -2.44. The summed E-state index contributed by atoms with van der Waals surface area (Å²) < 4.78 is 1.47. The molecule has 0 fully saturated rings. The monoisotopic (exact) mass is 512 g/mol. The average Bonchev–Trinajstić information content (AvgIpc) is 3.60. The van der Waals surface area contributed by atoms with E-state index in [0.29, 0.717) is 28.4 Å². The molecule has 5 aromatic rings. The third-order valence-electron chi connectivity index (χ3n) is 5.60. The van der Waals surface area contributed by atoms with Gasteiger partial charge in [0.25, 0.3) is 0 Å². The summed E-state index contributed by atoms with van der Waals surface area (Å²) in [5, 5.41) is 17.4. The molecule has 0 aliphatic rings. The van der Waals surface area contributed by atoms with Gasteiger partial charge >= 0.3 is 0 Å². The van der Waals surface area contributed by atoms with Crippen molar-refractivity contribution in [3.63, 3.8) is 0 Å². The number of nitrogens with zero attached hydrogens (tertiary/aromatic N) is 5. The maximum absolute atomic E-state index is 13.2. The number of anilines is 1. The molecule has 0 saturated heterocycles. The zero-order chi connectivity index (χ0) is 25.6. The number of carbonyl (C=O) groups excluding carboxylic acids is 2. The van der Waals surface area contributed by atoms with Crippen LogP contribution in [0.2, 0.25) is 5.02 Å². The number of carbonyl (C=O) groups is 2. The van der Waals surface area contributed by atoms with E-state index < -0.39 is 11.9 Å². The first kappa shape index (κ1) is 23.9. The van der Waals surface area contributed by atoms with E-state index in [1.54, 1.807) is 42.7 Å². The maximum Gasteiger partial charge on any atom is 0.247 e. The highest BCUT2D eigenvalue weighted by molar-refractivity contribution is 6.30. The number of nitrogens with one attached hydrogen (secondary N) is 3. The highest BCUT2D eigenvalue weighted by Gasteiger charge is 2.21. The van der Waals surface area contributed by atoms with E-state index in [1.165, 1.54) is 17.1 Å². The van der Waals surface area contributed by atoms with Crippen LogP contribution in [0.15, 0.2) is 85.5 Å². The highest BCUT2D eigenvalue weighted by atomic mass is 35.5. The molecule has 37 heavy (non-hydrogen) atoms. The second kappa shape index (κ2) is 10.8. The highest BCUT2D eigenvalue weighted by Crippen LogP contribution is 2.20. The Balaban J connectivity index is 1.35. The topological polar surface area (TPSA) is 130 Å². The number of hydrogen-bond donors (Lipinski definition) is 3. The van der Waals surface area contributed by atoms with Crippen molar-refractivity contribution < 1.29 is 9.59 Å². The molecule has 2 amide bonds. The Hall–Kier alpha value is -4.83. The Morgan fingerprint density at radius 3 is 2.76 bits per heavy atom. The van der Waals surface area contributed by atoms with E-state index in [1.807, 2.05) is 36.4 Å². The van der Waals surface area contributed by atoms with E-state index >= 15 is 0 Å². The molecule has 2 heterocycles. The van der Waals surface area contributed by atoms with Gasteiger partial charge in [-0.2, -0.15) is 4.68 Å². The second-order valence-electron chi connectivity index (χ2n) is 8.17. The fourth-order valence-electron chi connectivity index (χ4n) is 3.83. The summed E-state index contributed by atoms with van der Waals surface area (Å²) in [7, 11) is 0. The molecule has 0 bridgehead atoms. The lowest BCUT2D eigenvalue weighted by atomic mass is 10.0. The number of H-pyrrole nitrogens is 1. The first-order valence-electron chi connectivity index (χ1n) is 11.3. The Morgan fingerprint density at radius 1 is 1.08 bits per heavy atom. The van der Waals surface area contributed by atoms with Crippen LogP contribution < -0.4 is 10.6 Å². The minimum atomic E-state index is -0.824. The molecule has 2 aromatic heterocycles. The smallest absolute Gasteiger partial charge is 0.247 e. The van der Waals surface area contributed by atoms with Crippen molar-refractivity contribution in [3.05, 3.63) is 102 Å². The van der Waals surface area contributed by atoms with Gasteiger partial charge in [0, 0.05) is 28.8 Å². The zero-order valence-electron chi connectivity index (χ0n) is 19.4. The number of benzene rings is 3. The molecule has 3 N–H and O–H groups in total. The van der Waals surface area contributed by atoms with Crippen LogP contribution in [0.25, 0.3) is 22.8 Å². The fourth-order valence-corrected chi connectivity index (χ4v) is 4.01. The molecule has 0 radical (unpaired) electrons. The van der Waals surface area contributed by atoms with Crippen LogP contribution in [0.3, 0.4) is 0 Å². The molecule has 0 spiro atoms. The van der Waals surface area contributed by atoms with Crippen LogP contribution in [0.5, 0.6) is 0 Å². The van der Waals surface area contributed by atoms with Crippen LogP contribution in [0, 0.1) is 0 Å². The summed E-state index contributed by atoms with van der Waals surface area (Å²) in [6, 6.07) is 19.2. The van der Waals surface area contributed by atoms with Crippen LogP contribution in [0.4, 0.5) is 5.69 Å². The third kappa shape index (κ3) is 5.88. The predicted molar refractivity (Wildman–Crippen MR) is 140 cm³/mol. The number of hydrogen-bond acceptors (Lipinski definition) is 6. The van der Waals surface area contributed by atoms with E-state index in [9.17, 15) is 9.59 Å². The summed E-state index contributed by atoms with van der Waals surface area (Å²) in [5.41, 5.74) is 4.36. The molecular weight excluding hydrogens is 492 g/mol. The normalized spacial score (nSPS) is 12.0. The Kier molecular flexibility index (Phi) is 7.00. The van der Waals surface area contributed by atoms with Gasteiger partial charge in [0.15, 0.2) is 0 Å². The maximum atomic E-state index is 13.2. The lowest BCUT2D eigenvalue weighted by molar-refractivity contribution is -0.123. The molecule has 10 nitrogen and oxygen atoms in total. The zero-order valence-corrected chi connectivity index (χ0v) is 20.1. The van der Waals surface area contributed by atoms with E-state index in [-0.39, 0.29) is 5.91 Å². The van der Waals surface area contributed by atoms with Crippen molar-refractivity contribution in [1.82, 2.24) is 35.5 Å². The van der Waals surface area contributed by atoms with Gasteiger partial charge in [-0.15, -0.1) is 5.10 Å². The summed E-state index contributed by atoms with van der Waals surface area (Å²) in [6.45, 7) is 0. The molecule has 0 saturated carbocycles. The molecule has 0 unspecified atom stereocenters. The van der Waals surface area contributed by atoms with Crippen LogP contribution in [0.1, 0.15) is 11.1 Å². The van der Waals surface area contributed by atoms with Crippen molar-refractivity contribution in [2.75, 3.05) is 5.32 Å². The summed E-state index contributed by atoms with van der Waals surface area (Å²) in [4.78, 5) is 33.4. The summed E-state index contributed by atoms with van der Waals surface area (Å²) in [5.74, 6) is -0.788. The van der Waals surface area contributed by atoms with Gasteiger partial charge in [0.05, 0.1) is 23.0 Å². The average molecular weight is 513 g/mol. The van der Waals surface area contributed by atoms with Crippen molar-refractivity contribution >= 4 is 46.2 Å². The van der Waals surface area contributed by atoms with Crippen LogP contribution in [-0.2, 0) is 16.0 Å². The summed E-state index contributed by atoms with van der Waals surface area (Å²) >= 11 is 6.16. The predicted octanol–water partition coefficient (Wildman–Crippen LogP) is 3.57. The number of rotatable bonds is 8. The van der Waals surface area contributed by atoms with E-state index in [0.717, 1.165) is 16.6 Å². The van der Waals surface area contributed by atoms with Crippen LogP contribution in [-0.4, -0.2) is 48.0 Å². The van der Waals surface area contributed by atoms with Gasteiger partial charge in [0.2, 0.25) is 11.8 Å². The van der Waals surface area contributed by atoms with E-state index in [4.69, 9.17) is 11.6 Å². The second-order valence-corrected chi connectivity index (χ2v) is 8.60. The molecule has 1 atom stereocenters. The van der Waals surface area contributed by atoms with Crippen molar-refractivity contribution in [2.24, 2.45) is 0 Å². The first-order valence-corrected chi connectivity index (χ1v) is 11.7. The molecule has 0 aliphatic heterocycles. The van der Waals surface area contributed by atoms with Crippen molar-refractivity contribution in [3.8, 4) is 5.69 Å². The quantitative estimate of drug-likeness (QED) is 0.272. The Labute approximate surface area is 216 Å². The number of amides is 2. The number of aromatic nitrogens is 6. The van der Waals surface area contributed by atoms with Gasteiger partial charge in [-0.3, -0.25) is 9.59 Å². The minimum absolute atomic E-state index is 0.311. The minimum Gasteiger partial charge on any atom is -0.345 e. The number of aromatic amines is 1. The van der Waals surface area contributed by atoms with Crippen LogP contribution >= 0.6 is 11.6 Å². The summed E-state index contributed by atoms with van der Waals surface area (Å²) in [6.07, 6.45) is 6.29. The first-order chi connectivity index (χ1) is 18.0. The molecule has 184 valence electrons. The van der Waals surface area contributed by atoms with Crippen molar-refractivity contribution in [2.45, 2.75) is 12.5 Å². The number of fused-ring (bicyclic) bond motifs is 1. The third-order valence-corrected chi connectivity index (χ3v) is 5.84. The Morgan fingerprint density at radius 2 is 1.95 bits per heavy atom. The Bertz CT molecular complexity index is 1560.